The molecule has 2 nitrogen and oxygen atoms in total. The van der Waals surface area contributed by atoms with E-state index in [0.717, 1.165) is 24.7 Å². The molecule has 17 heavy (non-hydrogen) atoms. The van der Waals surface area contributed by atoms with E-state index < -0.39 is 0 Å². The summed E-state index contributed by atoms with van der Waals surface area (Å²) in [7, 11) is 0. The number of ether oxygens (including phenoxy) is 1. The Morgan fingerprint density at radius 3 is 3.00 bits per heavy atom. The molecule has 1 saturated carbocycles. The number of nitrogens with two attached hydrogens (primary N) is 1. The number of hydrogen-bond acceptors (Lipinski definition) is 2. The minimum atomic E-state index is 0.214. The smallest absolute Gasteiger partial charge is 0.122 e. The summed E-state index contributed by atoms with van der Waals surface area (Å²) in [5.74, 6) is 2.58. The van der Waals surface area contributed by atoms with Crippen LogP contribution in [0.5, 0.6) is 5.75 Å². The van der Waals surface area contributed by atoms with Gasteiger partial charge in [0.25, 0.3) is 0 Å². The number of fused-ring (bicyclic) bond motifs is 1. The predicted molar refractivity (Wildman–Crippen MR) is 69.1 cm³/mol. The highest BCUT2D eigenvalue weighted by Gasteiger charge is 2.28. The first kappa shape index (κ1) is 11.1. The molecule has 1 aromatic carbocycles. The lowest BCUT2D eigenvalue weighted by molar-refractivity contribution is 0.356. The second kappa shape index (κ2) is 4.34. The molecule has 0 bridgehead atoms. The molecule has 0 spiro atoms. The van der Waals surface area contributed by atoms with E-state index in [4.69, 9.17) is 10.5 Å². The topological polar surface area (TPSA) is 35.2 Å². The van der Waals surface area contributed by atoms with Gasteiger partial charge in [-0.3, -0.25) is 0 Å². The number of benzene rings is 1. The van der Waals surface area contributed by atoms with Crippen molar-refractivity contribution in [3.05, 3.63) is 29.3 Å². The zero-order valence-corrected chi connectivity index (χ0v) is 10.5. The monoisotopic (exact) mass is 231 g/mol. The van der Waals surface area contributed by atoms with Crippen LogP contribution in [0.3, 0.4) is 0 Å². The molecule has 0 radical (unpaired) electrons. The van der Waals surface area contributed by atoms with Crippen molar-refractivity contribution < 1.29 is 4.74 Å². The van der Waals surface area contributed by atoms with E-state index in [-0.39, 0.29) is 6.04 Å². The van der Waals surface area contributed by atoms with Crippen molar-refractivity contribution in [1.29, 1.82) is 0 Å². The lowest BCUT2D eigenvalue weighted by Crippen LogP contribution is -2.19. The first-order chi connectivity index (χ1) is 8.24. The molecule has 2 N–H and O–H groups in total. The van der Waals surface area contributed by atoms with Gasteiger partial charge in [-0.05, 0) is 41.9 Å². The quantitative estimate of drug-likeness (QED) is 0.849. The highest BCUT2D eigenvalue weighted by atomic mass is 16.5. The Labute approximate surface area is 103 Å². The Morgan fingerprint density at radius 1 is 1.35 bits per heavy atom. The van der Waals surface area contributed by atoms with E-state index >= 15 is 0 Å². The molecular weight excluding hydrogens is 210 g/mol. The zero-order chi connectivity index (χ0) is 11.8. The van der Waals surface area contributed by atoms with Crippen LogP contribution in [-0.4, -0.2) is 6.61 Å². The Morgan fingerprint density at radius 2 is 2.24 bits per heavy atom. The van der Waals surface area contributed by atoms with Crippen molar-refractivity contribution in [2.75, 3.05) is 6.61 Å². The zero-order valence-electron chi connectivity index (χ0n) is 10.5. The molecule has 3 rings (SSSR count). The van der Waals surface area contributed by atoms with Gasteiger partial charge in [-0.2, -0.15) is 0 Å². The summed E-state index contributed by atoms with van der Waals surface area (Å²) in [5, 5.41) is 0. The molecule has 1 aliphatic heterocycles. The molecule has 1 heterocycles. The van der Waals surface area contributed by atoms with Crippen LogP contribution in [0.4, 0.5) is 0 Å². The van der Waals surface area contributed by atoms with Crippen molar-refractivity contribution in [2.45, 2.75) is 38.6 Å². The van der Waals surface area contributed by atoms with Gasteiger partial charge in [0.2, 0.25) is 0 Å². The highest BCUT2D eigenvalue weighted by Crippen LogP contribution is 2.38. The van der Waals surface area contributed by atoms with Gasteiger partial charge in [0.15, 0.2) is 0 Å². The summed E-state index contributed by atoms with van der Waals surface area (Å²) in [6.45, 7) is 3.16. The minimum absolute atomic E-state index is 0.214. The van der Waals surface area contributed by atoms with Crippen LogP contribution in [0, 0.1) is 11.8 Å². The molecule has 3 unspecified atom stereocenters. The largest absolute Gasteiger partial charge is 0.493 e. The summed E-state index contributed by atoms with van der Waals surface area (Å²) >= 11 is 0. The van der Waals surface area contributed by atoms with Gasteiger partial charge in [-0.25, -0.2) is 0 Å². The summed E-state index contributed by atoms with van der Waals surface area (Å²) in [5.41, 5.74) is 9.05. The van der Waals surface area contributed by atoms with E-state index in [1.165, 1.54) is 30.4 Å². The maximum Gasteiger partial charge on any atom is 0.122 e. The van der Waals surface area contributed by atoms with E-state index in [1.54, 1.807) is 0 Å². The molecule has 1 aliphatic carbocycles. The third-order valence-electron chi connectivity index (χ3n) is 4.34. The molecule has 0 aromatic heterocycles. The van der Waals surface area contributed by atoms with Crippen LogP contribution in [-0.2, 0) is 6.42 Å². The van der Waals surface area contributed by atoms with Gasteiger partial charge >= 0.3 is 0 Å². The van der Waals surface area contributed by atoms with Gasteiger partial charge in [-0.1, -0.05) is 25.5 Å². The van der Waals surface area contributed by atoms with Crippen LogP contribution in [0.15, 0.2) is 18.2 Å². The van der Waals surface area contributed by atoms with Gasteiger partial charge in [-0.15, -0.1) is 0 Å². The summed E-state index contributed by atoms with van der Waals surface area (Å²) in [4.78, 5) is 0. The Balaban J connectivity index is 1.79. The molecule has 92 valence electrons. The van der Waals surface area contributed by atoms with E-state index in [2.05, 4.69) is 25.1 Å². The maximum absolute atomic E-state index is 6.42. The maximum atomic E-state index is 6.42. The van der Waals surface area contributed by atoms with Gasteiger partial charge < -0.3 is 10.5 Å². The second-order valence-electron chi connectivity index (χ2n) is 5.67. The molecule has 2 aliphatic rings. The normalized spacial score (nSPS) is 28.8. The van der Waals surface area contributed by atoms with Crippen LogP contribution in [0.25, 0.3) is 0 Å². The molecule has 1 aromatic rings. The fourth-order valence-electron chi connectivity index (χ4n) is 3.26. The minimum Gasteiger partial charge on any atom is -0.493 e. The average Bonchev–Trinajstić information content (AvgIpc) is 2.95. The molecule has 1 fully saturated rings. The highest BCUT2D eigenvalue weighted by molar-refractivity contribution is 5.40. The molecule has 3 atom stereocenters. The van der Waals surface area contributed by atoms with Crippen molar-refractivity contribution in [1.82, 2.24) is 0 Å². The molecule has 2 heteroatoms. The van der Waals surface area contributed by atoms with Gasteiger partial charge in [0.1, 0.15) is 5.75 Å². The van der Waals surface area contributed by atoms with Crippen molar-refractivity contribution in [3.8, 4) is 5.75 Å². The van der Waals surface area contributed by atoms with Crippen molar-refractivity contribution in [3.63, 3.8) is 0 Å². The second-order valence-corrected chi connectivity index (χ2v) is 5.67. The summed E-state index contributed by atoms with van der Waals surface area (Å²) in [6.07, 6.45) is 4.95. The van der Waals surface area contributed by atoms with Crippen molar-refractivity contribution in [2.24, 2.45) is 17.6 Å². The average molecular weight is 231 g/mol. The van der Waals surface area contributed by atoms with Crippen molar-refractivity contribution >= 4 is 0 Å². The fourth-order valence-corrected chi connectivity index (χ4v) is 3.26. The van der Waals surface area contributed by atoms with E-state index in [0.29, 0.717) is 5.92 Å². The number of hydrogen-bond donors (Lipinski definition) is 1. The summed E-state index contributed by atoms with van der Waals surface area (Å²) in [6, 6.07) is 6.72. The summed E-state index contributed by atoms with van der Waals surface area (Å²) < 4.78 is 5.53. The SMILES string of the molecule is CC1CCC(C(N)c2ccc3c(c2)CCO3)C1. The van der Waals surface area contributed by atoms with Crippen LogP contribution in [0.1, 0.15) is 43.4 Å². The Bertz CT molecular complexity index is 415. The lowest BCUT2D eigenvalue weighted by atomic mass is 9.90. The molecule has 0 amide bonds. The molecular formula is C15H21NO. The van der Waals surface area contributed by atoms with Crippen LogP contribution in [0.2, 0.25) is 0 Å². The first-order valence-corrected chi connectivity index (χ1v) is 6.75. The fraction of sp³-hybridized carbons (Fsp3) is 0.600. The third kappa shape index (κ3) is 2.06. The number of rotatable bonds is 2. The van der Waals surface area contributed by atoms with Crippen LogP contribution >= 0.6 is 0 Å². The lowest BCUT2D eigenvalue weighted by Gasteiger charge is -2.20. The van der Waals surface area contributed by atoms with E-state index in [9.17, 15) is 0 Å². The van der Waals surface area contributed by atoms with Gasteiger partial charge in [0, 0.05) is 12.5 Å². The third-order valence-corrected chi connectivity index (χ3v) is 4.34. The van der Waals surface area contributed by atoms with Gasteiger partial charge in [0.05, 0.1) is 6.61 Å². The standard InChI is InChI=1S/C15H21NO/c1-10-2-3-12(8-10)15(16)13-4-5-14-11(9-13)6-7-17-14/h4-5,9-10,12,15H,2-3,6-8,16H2,1H3. The van der Waals surface area contributed by atoms with E-state index in [1.807, 2.05) is 0 Å². The van der Waals surface area contributed by atoms with Crippen LogP contribution < -0.4 is 10.5 Å². The first-order valence-electron chi connectivity index (χ1n) is 6.75. The molecule has 0 saturated heterocycles. The Kier molecular flexibility index (Phi) is 2.83. The predicted octanol–water partition coefficient (Wildman–Crippen LogP) is 3.06. The Hall–Kier alpha value is -1.02.